The molecule has 2 saturated heterocycles. The van der Waals surface area contributed by atoms with E-state index in [1.807, 2.05) is 6.07 Å². The number of hydrogen-bond acceptors (Lipinski definition) is 11. The molecule has 0 saturated carbocycles. The molecule has 54 heavy (non-hydrogen) atoms. The number of rotatable bonds is 9. The minimum Gasteiger partial charge on any atom is -0.392 e. The lowest BCUT2D eigenvalue weighted by molar-refractivity contribution is -0.111. The molecule has 2 amide bonds. The highest BCUT2D eigenvalue weighted by atomic mass is 16.5. The van der Waals surface area contributed by atoms with E-state index in [0.29, 0.717) is 64.7 Å². The smallest absolute Gasteiger partial charge is 0.293 e. The van der Waals surface area contributed by atoms with Gasteiger partial charge in [-0.3, -0.25) is 24.2 Å². The third-order valence-electron chi connectivity index (χ3n) is 11.1. The molecule has 4 aromatic rings. The molecule has 15 heteroatoms. The summed E-state index contributed by atoms with van der Waals surface area (Å²) >= 11 is 0. The van der Waals surface area contributed by atoms with Crippen LogP contribution in [0.2, 0.25) is 0 Å². The SMILES string of the molecule is C=CC(=O)Nc1cc(Nc2nc(-c3ccnc(N4CCn5c(cc6c5CC(C)(C)C6)C4=O)c3CO)cn(C)c2=O)cnc1N1CCN(C2COC2)C[C@@H]1C. The molecule has 4 aromatic heterocycles. The zero-order valence-corrected chi connectivity index (χ0v) is 31.1. The predicted molar refractivity (Wildman–Crippen MR) is 205 cm³/mol. The second kappa shape index (κ2) is 13.8. The molecule has 4 aliphatic rings. The van der Waals surface area contributed by atoms with Crippen molar-refractivity contribution < 1.29 is 19.4 Å². The predicted octanol–water partition coefficient (Wildman–Crippen LogP) is 3.09. The van der Waals surface area contributed by atoms with E-state index in [-0.39, 0.29) is 29.1 Å². The Labute approximate surface area is 313 Å². The maximum Gasteiger partial charge on any atom is 0.293 e. The molecular formula is C39H46N10O5. The van der Waals surface area contributed by atoms with Gasteiger partial charge >= 0.3 is 0 Å². The van der Waals surface area contributed by atoms with Crippen molar-refractivity contribution in [2.24, 2.45) is 12.5 Å². The number of nitrogens with zero attached hydrogens (tertiary/aromatic N) is 8. The summed E-state index contributed by atoms with van der Waals surface area (Å²) in [5.74, 6) is 0.441. The number of aryl methyl sites for hydroxylation is 1. The molecule has 15 nitrogen and oxygen atoms in total. The zero-order valence-electron chi connectivity index (χ0n) is 31.1. The molecule has 3 N–H and O–H groups in total. The van der Waals surface area contributed by atoms with Gasteiger partial charge in [-0.2, -0.15) is 0 Å². The fourth-order valence-electron chi connectivity index (χ4n) is 8.27. The van der Waals surface area contributed by atoms with Gasteiger partial charge in [0, 0.05) is 75.0 Å². The molecule has 0 spiro atoms. The molecule has 0 bridgehead atoms. The van der Waals surface area contributed by atoms with Crippen LogP contribution in [0, 0.1) is 5.41 Å². The van der Waals surface area contributed by atoms with Gasteiger partial charge in [-0.1, -0.05) is 20.4 Å². The molecule has 0 radical (unpaired) electrons. The first-order valence-electron chi connectivity index (χ1n) is 18.4. The van der Waals surface area contributed by atoms with Crippen molar-refractivity contribution in [3.63, 3.8) is 0 Å². The Morgan fingerprint density at radius 1 is 1.11 bits per heavy atom. The molecule has 282 valence electrons. The Morgan fingerprint density at radius 2 is 1.93 bits per heavy atom. The number of ether oxygens (including phenoxy) is 1. The van der Waals surface area contributed by atoms with Crippen LogP contribution in [0.3, 0.4) is 0 Å². The Hall–Kier alpha value is -5.38. The van der Waals surface area contributed by atoms with Crippen LogP contribution in [0.25, 0.3) is 11.3 Å². The van der Waals surface area contributed by atoms with E-state index >= 15 is 0 Å². The van der Waals surface area contributed by atoms with Gasteiger partial charge in [0.1, 0.15) is 11.5 Å². The number of amides is 2. The molecule has 0 unspecified atom stereocenters. The highest BCUT2D eigenvalue weighted by molar-refractivity contribution is 6.06. The standard InChI is InChI=1S/C39H46N10O5/c1-6-33(51)43-29-14-25(17-41-36(29)47-10-9-46(18-23(47)2)26-21-54-22-26)42-34-38(53)45(5)19-30(44-34)27-7-8-40-35(28(27)20-50)49-12-11-48-31(37(49)52)13-24-15-39(3,4)16-32(24)48/h6-8,13-14,17,19,23,26,50H,1,9-12,15-16,18,20-22H2,2-5H3,(H,42,44)(H,43,51)/t23-/m0/s1. The van der Waals surface area contributed by atoms with E-state index in [9.17, 15) is 19.5 Å². The Kier molecular flexibility index (Phi) is 9.10. The third-order valence-corrected chi connectivity index (χ3v) is 11.1. The van der Waals surface area contributed by atoms with Crippen LogP contribution in [0.1, 0.15) is 48.1 Å². The molecular weight excluding hydrogens is 688 g/mol. The first-order chi connectivity index (χ1) is 25.9. The van der Waals surface area contributed by atoms with Gasteiger partial charge in [-0.15, -0.1) is 0 Å². The summed E-state index contributed by atoms with van der Waals surface area (Å²) in [6.07, 6.45) is 7.85. The molecule has 2 fully saturated rings. The first-order valence-corrected chi connectivity index (χ1v) is 18.4. The molecule has 8 rings (SSSR count). The van der Waals surface area contributed by atoms with Crippen LogP contribution in [0.15, 0.2) is 54.2 Å². The maximum absolute atomic E-state index is 13.9. The molecule has 3 aliphatic heterocycles. The van der Waals surface area contributed by atoms with Crippen molar-refractivity contribution in [3.05, 3.63) is 82.3 Å². The summed E-state index contributed by atoms with van der Waals surface area (Å²) in [6, 6.07) is 6.02. The number of fused-ring (bicyclic) bond motifs is 3. The highest BCUT2D eigenvalue weighted by Gasteiger charge is 2.38. The van der Waals surface area contributed by atoms with Gasteiger partial charge in [-0.25, -0.2) is 15.0 Å². The van der Waals surface area contributed by atoms with Crippen LogP contribution in [0.4, 0.5) is 28.8 Å². The van der Waals surface area contributed by atoms with Gasteiger partial charge in [0.25, 0.3) is 11.5 Å². The largest absolute Gasteiger partial charge is 0.392 e. The first kappa shape index (κ1) is 35.6. The second-order valence-corrected chi connectivity index (χ2v) is 15.5. The topological polar surface area (TPSA) is 163 Å². The van der Waals surface area contributed by atoms with Crippen molar-refractivity contribution in [1.29, 1.82) is 0 Å². The van der Waals surface area contributed by atoms with Gasteiger partial charge in [0.05, 0.1) is 49.1 Å². The number of aliphatic hydroxyl groups is 1. The van der Waals surface area contributed by atoms with Crippen LogP contribution >= 0.6 is 0 Å². The van der Waals surface area contributed by atoms with E-state index in [2.05, 4.69) is 57.3 Å². The van der Waals surface area contributed by atoms with Crippen molar-refractivity contribution >= 4 is 40.6 Å². The molecule has 7 heterocycles. The highest BCUT2D eigenvalue weighted by Crippen LogP contribution is 2.40. The number of aliphatic hydroxyl groups excluding tert-OH is 1. The van der Waals surface area contributed by atoms with Crippen LogP contribution in [0.5, 0.6) is 0 Å². The lowest BCUT2D eigenvalue weighted by atomic mass is 9.90. The molecule has 0 aromatic carbocycles. The average Bonchev–Trinajstić information content (AvgIpc) is 3.61. The fraction of sp³-hybridized carbons (Fsp3) is 0.436. The van der Waals surface area contributed by atoms with Crippen LogP contribution < -0.4 is 26.0 Å². The molecule has 1 atom stereocenters. The van der Waals surface area contributed by atoms with Crippen molar-refractivity contribution in [2.75, 3.05) is 59.8 Å². The summed E-state index contributed by atoms with van der Waals surface area (Å²) in [5.41, 5.74) is 5.13. The summed E-state index contributed by atoms with van der Waals surface area (Å²) in [6.45, 7) is 14.8. The van der Waals surface area contributed by atoms with Crippen molar-refractivity contribution in [3.8, 4) is 11.3 Å². The number of anilines is 5. The third kappa shape index (κ3) is 6.35. The van der Waals surface area contributed by atoms with Gasteiger partial charge < -0.3 is 34.5 Å². The van der Waals surface area contributed by atoms with Gasteiger partial charge in [0.2, 0.25) is 5.91 Å². The zero-order chi connectivity index (χ0) is 37.9. The van der Waals surface area contributed by atoms with Crippen molar-refractivity contribution in [2.45, 2.75) is 58.8 Å². The van der Waals surface area contributed by atoms with Crippen LogP contribution in [-0.4, -0.2) is 97.4 Å². The summed E-state index contributed by atoms with van der Waals surface area (Å²) in [4.78, 5) is 60.2. The number of carbonyl (C=O) groups excluding carboxylic acids is 2. The van der Waals surface area contributed by atoms with Gasteiger partial charge in [0.15, 0.2) is 11.6 Å². The summed E-state index contributed by atoms with van der Waals surface area (Å²) in [5, 5.41) is 16.7. The Bertz CT molecular complexity index is 2220. The second-order valence-electron chi connectivity index (χ2n) is 15.5. The number of nitrogens with one attached hydrogen (secondary N) is 2. The number of pyridine rings is 2. The minimum absolute atomic E-state index is 0.0156. The van der Waals surface area contributed by atoms with Crippen molar-refractivity contribution in [1.82, 2.24) is 29.0 Å². The van der Waals surface area contributed by atoms with E-state index in [1.165, 1.54) is 21.9 Å². The lowest BCUT2D eigenvalue weighted by Crippen LogP contribution is -2.59. The number of carbonyl (C=O) groups is 2. The lowest BCUT2D eigenvalue weighted by Gasteiger charge is -2.46. The fourth-order valence-corrected chi connectivity index (χ4v) is 8.27. The summed E-state index contributed by atoms with van der Waals surface area (Å²) < 4.78 is 8.95. The minimum atomic E-state index is -0.403. The monoisotopic (exact) mass is 734 g/mol. The average molecular weight is 735 g/mol. The maximum atomic E-state index is 13.9. The van der Waals surface area contributed by atoms with E-state index < -0.39 is 12.2 Å². The number of aromatic nitrogens is 5. The normalized spacial score (nSPS) is 19.6. The Balaban J connectivity index is 1.08. The number of piperazine rings is 1. The van der Waals surface area contributed by atoms with E-state index in [0.717, 1.165) is 45.7 Å². The molecule has 1 aliphatic carbocycles. The van der Waals surface area contributed by atoms with Gasteiger partial charge in [-0.05, 0) is 55.0 Å². The summed E-state index contributed by atoms with van der Waals surface area (Å²) in [7, 11) is 1.62. The Morgan fingerprint density at radius 3 is 2.65 bits per heavy atom. The quantitative estimate of drug-likeness (QED) is 0.217. The number of hydrogen-bond donors (Lipinski definition) is 3. The van der Waals surface area contributed by atoms with E-state index in [4.69, 9.17) is 14.7 Å². The van der Waals surface area contributed by atoms with E-state index in [1.54, 1.807) is 42.7 Å². The van der Waals surface area contributed by atoms with Crippen LogP contribution in [-0.2, 0) is 42.6 Å².